The SMILES string of the molecule is NC(=O)c1cc(OC2CCOCC2)c(F)cc1N. The van der Waals surface area contributed by atoms with Crippen molar-refractivity contribution >= 4 is 11.6 Å². The highest BCUT2D eigenvalue weighted by atomic mass is 19.1. The molecule has 18 heavy (non-hydrogen) atoms. The minimum atomic E-state index is -0.704. The first-order valence-electron chi connectivity index (χ1n) is 5.71. The highest BCUT2D eigenvalue weighted by molar-refractivity contribution is 5.98. The first-order valence-corrected chi connectivity index (χ1v) is 5.71. The largest absolute Gasteiger partial charge is 0.487 e. The molecular formula is C12H15FN2O3. The molecule has 4 N–H and O–H groups in total. The zero-order valence-corrected chi connectivity index (χ0v) is 9.82. The van der Waals surface area contributed by atoms with Gasteiger partial charge in [-0.05, 0) is 6.07 Å². The van der Waals surface area contributed by atoms with Crippen LogP contribution in [-0.4, -0.2) is 25.2 Å². The van der Waals surface area contributed by atoms with Crippen LogP contribution in [0.4, 0.5) is 10.1 Å². The van der Waals surface area contributed by atoms with Crippen LogP contribution in [0, 0.1) is 5.82 Å². The van der Waals surface area contributed by atoms with E-state index in [1.54, 1.807) is 0 Å². The molecule has 0 saturated carbocycles. The van der Waals surface area contributed by atoms with E-state index in [4.69, 9.17) is 20.9 Å². The van der Waals surface area contributed by atoms with Gasteiger partial charge in [-0.25, -0.2) is 4.39 Å². The number of carbonyl (C=O) groups excluding carboxylic acids is 1. The van der Waals surface area contributed by atoms with Crippen molar-refractivity contribution in [2.75, 3.05) is 18.9 Å². The molecule has 6 heteroatoms. The zero-order valence-electron chi connectivity index (χ0n) is 9.82. The number of benzene rings is 1. The van der Waals surface area contributed by atoms with Crippen LogP contribution >= 0.6 is 0 Å². The lowest BCUT2D eigenvalue weighted by molar-refractivity contribution is 0.0240. The van der Waals surface area contributed by atoms with E-state index >= 15 is 0 Å². The molecule has 1 fully saturated rings. The summed E-state index contributed by atoms with van der Waals surface area (Å²) >= 11 is 0. The molecule has 1 aliphatic heterocycles. The number of carbonyl (C=O) groups is 1. The third-order valence-electron chi connectivity index (χ3n) is 2.83. The Kier molecular flexibility index (Phi) is 3.66. The Morgan fingerprint density at radius 3 is 2.67 bits per heavy atom. The molecule has 0 aromatic heterocycles. The smallest absolute Gasteiger partial charge is 0.250 e. The van der Waals surface area contributed by atoms with Crippen molar-refractivity contribution in [1.82, 2.24) is 0 Å². The lowest BCUT2D eigenvalue weighted by Gasteiger charge is -2.23. The van der Waals surface area contributed by atoms with Crippen LogP contribution in [0.2, 0.25) is 0 Å². The fourth-order valence-electron chi connectivity index (χ4n) is 1.85. The van der Waals surface area contributed by atoms with Gasteiger partial charge >= 0.3 is 0 Å². The van der Waals surface area contributed by atoms with Gasteiger partial charge in [-0.15, -0.1) is 0 Å². The van der Waals surface area contributed by atoms with Gasteiger partial charge in [0.15, 0.2) is 11.6 Å². The maximum absolute atomic E-state index is 13.7. The molecule has 1 aromatic rings. The van der Waals surface area contributed by atoms with Gasteiger partial charge < -0.3 is 20.9 Å². The van der Waals surface area contributed by atoms with Crippen molar-refractivity contribution in [3.8, 4) is 5.75 Å². The van der Waals surface area contributed by atoms with Crippen LogP contribution in [0.1, 0.15) is 23.2 Å². The van der Waals surface area contributed by atoms with E-state index in [2.05, 4.69) is 0 Å². The monoisotopic (exact) mass is 254 g/mol. The molecule has 1 aliphatic rings. The van der Waals surface area contributed by atoms with E-state index in [0.29, 0.717) is 26.1 Å². The summed E-state index contributed by atoms with van der Waals surface area (Å²) < 4.78 is 24.4. The summed E-state index contributed by atoms with van der Waals surface area (Å²) in [7, 11) is 0. The van der Waals surface area contributed by atoms with Gasteiger partial charge in [-0.1, -0.05) is 0 Å². The number of anilines is 1. The van der Waals surface area contributed by atoms with Gasteiger partial charge in [-0.2, -0.15) is 0 Å². The molecule has 1 heterocycles. The van der Waals surface area contributed by atoms with Crippen LogP contribution in [0.25, 0.3) is 0 Å². The molecule has 0 aliphatic carbocycles. The maximum Gasteiger partial charge on any atom is 0.250 e. The van der Waals surface area contributed by atoms with Crippen molar-refractivity contribution in [2.24, 2.45) is 5.73 Å². The summed E-state index contributed by atoms with van der Waals surface area (Å²) in [5.41, 5.74) is 10.7. The molecule has 5 nitrogen and oxygen atoms in total. The van der Waals surface area contributed by atoms with Crippen LogP contribution in [0.5, 0.6) is 5.75 Å². The van der Waals surface area contributed by atoms with E-state index in [1.807, 2.05) is 0 Å². The fourth-order valence-corrected chi connectivity index (χ4v) is 1.85. The second-order valence-electron chi connectivity index (χ2n) is 4.16. The van der Waals surface area contributed by atoms with Crippen LogP contribution in [0.3, 0.4) is 0 Å². The Morgan fingerprint density at radius 1 is 1.39 bits per heavy atom. The van der Waals surface area contributed by atoms with Crippen molar-refractivity contribution in [1.29, 1.82) is 0 Å². The minimum Gasteiger partial charge on any atom is -0.487 e. The van der Waals surface area contributed by atoms with E-state index < -0.39 is 11.7 Å². The second kappa shape index (κ2) is 5.22. The first-order chi connectivity index (χ1) is 8.58. The Balaban J connectivity index is 2.21. The molecule has 0 bridgehead atoms. The number of nitrogens with two attached hydrogens (primary N) is 2. The van der Waals surface area contributed by atoms with Gasteiger partial charge in [0.2, 0.25) is 0 Å². The van der Waals surface area contributed by atoms with Crippen molar-refractivity contribution in [3.05, 3.63) is 23.5 Å². The van der Waals surface area contributed by atoms with Crippen molar-refractivity contribution < 1.29 is 18.7 Å². The summed E-state index contributed by atoms with van der Waals surface area (Å²) in [6.45, 7) is 1.17. The molecule has 0 radical (unpaired) electrons. The molecule has 1 aromatic carbocycles. The van der Waals surface area contributed by atoms with Gasteiger partial charge in [-0.3, -0.25) is 4.79 Å². The number of rotatable bonds is 3. The van der Waals surface area contributed by atoms with Gasteiger partial charge in [0, 0.05) is 24.6 Å². The van der Waals surface area contributed by atoms with Crippen LogP contribution in [-0.2, 0) is 4.74 Å². The number of hydrogen-bond acceptors (Lipinski definition) is 4. The number of amides is 1. The number of halogens is 1. The highest BCUT2D eigenvalue weighted by Gasteiger charge is 2.19. The average molecular weight is 254 g/mol. The van der Waals surface area contributed by atoms with Gasteiger partial charge in [0.05, 0.1) is 18.8 Å². The predicted octanol–water partition coefficient (Wildman–Crippen LogP) is 1.06. The Hall–Kier alpha value is -1.82. The molecular weight excluding hydrogens is 239 g/mol. The van der Waals surface area contributed by atoms with Crippen molar-refractivity contribution in [2.45, 2.75) is 18.9 Å². The maximum atomic E-state index is 13.7. The lowest BCUT2D eigenvalue weighted by atomic mass is 10.1. The molecule has 1 saturated heterocycles. The highest BCUT2D eigenvalue weighted by Crippen LogP contribution is 2.26. The predicted molar refractivity (Wildman–Crippen MR) is 63.8 cm³/mol. The average Bonchev–Trinajstić information content (AvgIpc) is 2.33. The van der Waals surface area contributed by atoms with Crippen molar-refractivity contribution in [3.63, 3.8) is 0 Å². The summed E-state index contributed by atoms with van der Waals surface area (Å²) in [6, 6.07) is 2.30. The Morgan fingerprint density at radius 2 is 2.06 bits per heavy atom. The van der Waals surface area contributed by atoms with E-state index in [9.17, 15) is 9.18 Å². The molecule has 98 valence electrons. The topological polar surface area (TPSA) is 87.6 Å². The molecule has 0 unspecified atom stereocenters. The van der Waals surface area contributed by atoms with Crippen LogP contribution in [0.15, 0.2) is 12.1 Å². The van der Waals surface area contributed by atoms with E-state index in [-0.39, 0.29) is 23.1 Å². The summed E-state index contributed by atoms with van der Waals surface area (Å²) in [6.07, 6.45) is 1.27. The van der Waals surface area contributed by atoms with Gasteiger partial charge in [0.25, 0.3) is 5.91 Å². The third kappa shape index (κ3) is 2.70. The fraction of sp³-hybridized carbons (Fsp3) is 0.417. The van der Waals surface area contributed by atoms with E-state index in [0.717, 1.165) is 6.07 Å². The lowest BCUT2D eigenvalue weighted by Crippen LogP contribution is -2.26. The molecule has 2 rings (SSSR count). The van der Waals surface area contributed by atoms with Gasteiger partial charge in [0.1, 0.15) is 6.10 Å². The summed E-state index contributed by atoms with van der Waals surface area (Å²) in [4.78, 5) is 11.1. The number of hydrogen-bond donors (Lipinski definition) is 2. The zero-order chi connectivity index (χ0) is 13.1. The third-order valence-corrected chi connectivity index (χ3v) is 2.83. The second-order valence-corrected chi connectivity index (χ2v) is 4.16. The molecule has 0 spiro atoms. The normalized spacial score (nSPS) is 16.5. The van der Waals surface area contributed by atoms with Crippen LogP contribution < -0.4 is 16.2 Å². The quantitative estimate of drug-likeness (QED) is 0.790. The Bertz CT molecular complexity index is 459. The standard InChI is InChI=1S/C12H15FN2O3/c13-9-6-10(14)8(12(15)16)5-11(9)18-7-1-3-17-4-2-7/h5-7H,1-4,14H2,(H2,15,16). The Labute approximate surface area is 104 Å². The number of primary amides is 1. The summed E-state index contributed by atoms with van der Waals surface area (Å²) in [5, 5.41) is 0. The molecule has 1 amide bonds. The number of nitrogen functional groups attached to an aromatic ring is 1. The first kappa shape index (κ1) is 12.6. The molecule has 0 atom stereocenters. The van der Waals surface area contributed by atoms with E-state index in [1.165, 1.54) is 6.07 Å². The number of ether oxygens (including phenoxy) is 2. The minimum absolute atomic E-state index is 0.00454. The summed E-state index contributed by atoms with van der Waals surface area (Å²) in [5.74, 6) is -1.29.